The minimum Gasteiger partial charge on any atom is -0.508 e. The van der Waals surface area contributed by atoms with Crippen LogP contribution in [0.5, 0.6) is 5.75 Å². The lowest BCUT2D eigenvalue weighted by Gasteiger charge is -2.07. The molecule has 0 bridgehead atoms. The van der Waals surface area contributed by atoms with E-state index in [1.807, 2.05) is 0 Å². The number of hydrogen-bond donors (Lipinski definition) is 1. The Bertz CT molecular complexity index is 388. The predicted octanol–water partition coefficient (Wildman–Crippen LogP) is 2.77. The predicted molar refractivity (Wildman–Crippen MR) is 79.6 cm³/mol. The van der Waals surface area contributed by atoms with Gasteiger partial charge in [-0.3, -0.25) is 0 Å². The first-order valence-corrected chi connectivity index (χ1v) is 7.35. The molecular formula is C16H24O5. The largest absolute Gasteiger partial charge is 0.508 e. The molecule has 118 valence electrons. The minimum absolute atomic E-state index is 0.119. The van der Waals surface area contributed by atoms with E-state index >= 15 is 0 Å². The van der Waals surface area contributed by atoms with Crippen LogP contribution in [-0.2, 0) is 14.2 Å². The Morgan fingerprint density at radius 1 is 0.952 bits per heavy atom. The first-order chi connectivity index (χ1) is 10.2. The van der Waals surface area contributed by atoms with Gasteiger partial charge in [-0.1, -0.05) is 19.8 Å². The van der Waals surface area contributed by atoms with Crippen molar-refractivity contribution in [3.05, 3.63) is 29.8 Å². The Morgan fingerprint density at radius 3 is 2.24 bits per heavy atom. The number of esters is 1. The van der Waals surface area contributed by atoms with Crippen molar-refractivity contribution >= 4 is 5.97 Å². The van der Waals surface area contributed by atoms with Crippen LogP contribution in [0.15, 0.2) is 24.3 Å². The van der Waals surface area contributed by atoms with E-state index < -0.39 is 5.97 Å². The van der Waals surface area contributed by atoms with Gasteiger partial charge in [0.05, 0.1) is 25.4 Å². The van der Waals surface area contributed by atoms with Crippen molar-refractivity contribution in [1.82, 2.24) is 0 Å². The molecular weight excluding hydrogens is 272 g/mol. The number of carbonyl (C=O) groups is 1. The van der Waals surface area contributed by atoms with Crippen LogP contribution in [0.1, 0.15) is 36.5 Å². The Morgan fingerprint density at radius 2 is 1.57 bits per heavy atom. The van der Waals surface area contributed by atoms with Crippen LogP contribution >= 0.6 is 0 Å². The van der Waals surface area contributed by atoms with Crippen molar-refractivity contribution in [1.29, 1.82) is 0 Å². The van der Waals surface area contributed by atoms with Crippen molar-refractivity contribution in [3.8, 4) is 5.75 Å². The molecule has 1 N–H and O–H groups in total. The second kappa shape index (κ2) is 11.1. The molecule has 1 aromatic rings. The van der Waals surface area contributed by atoms with E-state index in [2.05, 4.69) is 6.92 Å². The highest BCUT2D eigenvalue weighted by Crippen LogP contribution is 2.10. The molecule has 0 fully saturated rings. The third kappa shape index (κ3) is 8.32. The molecule has 0 unspecified atom stereocenters. The van der Waals surface area contributed by atoms with Crippen LogP contribution in [0.3, 0.4) is 0 Å². The van der Waals surface area contributed by atoms with Crippen LogP contribution in [0.4, 0.5) is 0 Å². The molecule has 0 radical (unpaired) electrons. The van der Waals surface area contributed by atoms with Gasteiger partial charge in [0.1, 0.15) is 12.4 Å². The Labute approximate surface area is 125 Å². The zero-order valence-electron chi connectivity index (χ0n) is 12.5. The molecule has 1 rings (SSSR count). The molecule has 0 aliphatic heterocycles. The Hall–Kier alpha value is -1.59. The summed E-state index contributed by atoms with van der Waals surface area (Å²) in [6.45, 7) is 4.55. The number of aromatic hydroxyl groups is 1. The number of rotatable bonds is 11. The number of ether oxygens (including phenoxy) is 3. The van der Waals surface area contributed by atoms with Crippen molar-refractivity contribution in [3.63, 3.8) is 0 Å². The van der Waals surface area contributed by atoms with E-state index in [9.17, 15) is 4.79 Å². The van der Waals surface area contributed by atoms with Crippen LogP contribution in [0.2, 0.25) is 0 Å². The molecule has 0 aliphatic carbocycles. The third-order valence-corrected chi connectivity index (χ3v) is 2.83. The van der Waals surface area contributed by atoms with Gasteiger partial charge in [0.25, 0.3) is 0 Å². The van der Waals surface area contributed by atoms with E-state index in [0.717, 1.165) is 13.0 Å². The minimum atomic E-state index is -0.422. The van der Waals surface area contributed by atoms with Crippen molar-refractivity contribution in [2.45, 2.75) is 26.2 Å². The maximum atomic E-state index is 11.6. The average Bonchev–Trinajstić information content (AvgIpc) is 2.49. The topological polar surface area (TPSA) is 65.0 Å². The SMILES string of the molecule is CCCCCOCCOCCOC(=O)c1ccc(O)cc1. The molecule has 0 aliphatic rings. The summed E-state index contributed by atoms with van der Waals surface area (Å²) < 4.78 is 15.7. The molecule has 5 nitrogen and oxygen atoms in total. The molecule has 0 atom stereocenters. The molecule has 0 saturated carbocycles. The van der Waals surface area contributed by atoms with Gasteiger partial charge in [-0.15, -0.1) is 0 Å². The average molecular weight is 296 g/mol. The Balaban J connectivity index is 1.96. The summed E-state index contributed by atoms with van der Waals surface area (Å²) in [5.74, 6) is -0.303. The van der Waals surface area contributed by atoms with Crippen LogP contribution in [0.25, 0.3) is 0 Å². The van der Waals surface area contributed by atoms with Gasteiger partial charge in [-0.2, -0.15) is 0 Å². The van der Waals surface area contributed by atoms with Gasteiger partial charge in [-0.25, -0.2) is 4.79 Å². The smallest absolute Gasteiger partial charge is 0.338 e. The van der Waals surface area contributed by atoms with Gasteiger partial charge in [0.15, 0.2) is 0 Å². The van der Waals surface area contributed by atoms with Gasteiger partial charge >= 0.3 is 5.97 Å². The first-order valence-electron chi connectivity index (χ1n) is 7.35. The lowest BCUT2D eigenvalue weighted by molar-refractivity contribution is 0.0142. The monoisotopic (exact) mass is 296 g/mol. The fourth-order valence-electron chi connectivity index (χ4n) is 1.65. The number of carbonyl (C=O) groups excluding carboxylic acids is 1. The van der Waals surface area contributed by atoms with Gasteiger partial charge in [0, 0.05) is 6.61 Å². The number of hydrogen-bond acceptors (Lipinski definition) is 5. The fourth-order valence-corrected chi connectivity index (χ4v) is 1.65. The Kier molecular flexibility index (Phi) is 9.24. The molecule has 0 aromatic heterocycles. The summed E-state index contributed by atoms with van der Waals surface area (Å²) in [6.07, 6.45) is 3.46. The van der Waals surface area contributed by atoms with E-state index in [0.29, 0.717) is 25.4 Å². The highest BCUT2D eigenvalue weighted by Gasteiger charge is 2.06. The number of benzene rings is 1. The molecule has 5 heteroatoms. The summed E-state index contributed by atoms with van der Waals surface area (Å²) in [6, 6.07) is 5.93. The second-order valence-electron chi connectivity index (χ2n) is 4.61. The third-order valence-electron chi connectivity index (χ3n) is 2.83. The van der Waals surface area contributed by atoms with E-state index in [-0.39, 0.29) is 12.4 Å². The standard InChI is InChI=1S/C16H24O5/c1-2-3-4-9-19-10-11-20-12-13-21-16(18)14-5-7-15(17)8-6-14/h5-8,17H,2-4,9-13H2,1H3. The highest BCUT2D eigenvalue weighted by molar-refractivity contribution is 5.89. The summed E-state index contributed by atoms with van der Waals surface area (Å²) in [5, 5.41) is 9.12. The zero-order valence-corrected chi connectivity index (χ0v) is 12.5. The van der Waals surface area contributed by atoms with E-state index in [1.54, 1.807) is 0 Å². The normalized spacial score (nSPS) is 10.5. The molecule has 0 amide bonds. The molecule has 0 heterocycles. The van der Waals surface area contributed by atoms with Crippen LogP contribution in [-0.4, -0.2) is 44.1 Å². The zero-order chi connectivity index (χ0) is 15.3. The molecule has 1 aromatic carbocycles. The lowest BCUT2D eigenvalue weighted by Crippen LogP contribution is -2.13. The van der Waals surface area contributed by atoms with Crippen molar-refractivity contribution in [2.24, 2.45) is 0 Å². The van der Waals surface area contributed by atoms with Gasteiger partial charge in [0.2, 0.25) is 0 Å². The lowest BCUT2D eigenvalue weighted by atomic mass is 10.2. The molecule has 21 heavy (non-hydrogen) atoms. The summed E-state index contributed by atoms with van der Waals surface area (Å²) in [4.78, 5) is 11.6. The fraction of sp³-hybridized carbons (Fsp3) is 0.562. The summed E-state index contributed by atoms with van der Waals surface area (Å²) in [5.41, 5.74) is 0.409. The van der Waals surface area contributed by atoms with Crippen LogP contribution < -0.4 is 0 Å². The quantitative estimate of drug-likeness (QED) is 0.502. The maximum absolute atomic E-state index is 11.6. The molecule has 0 spiro atoms. The van der Waals surface area contributed by atoms with Gasteiger partial charge < -0.3 is 19.3 Å². The summed E-state index contributed by atoms with van der Waals surface area (Å²) >= 11 is 0. The van der Waals surface area contributed by atoms with Crippen LogP contribution in [0, 0.1) is 0 Å². The second-order valence-corrected chi connectivity index (χ2v) is 4.61. The number of phenolic OH excluding ortho intramolecular Hbond substituents is 1. The molecule has 0 saturated heterocycles. The number of unbranched alkanes of at least 4 members (excludes halogenated alkanes) is 2. The first kappa shape index (κ1) is 17.5. The van der Waals surface area contributed by atoms with Crippen molar-refractivity contribution < 1.29 is 24.1 Å². The highest BCUT2D eigenvalue weighted by atomic mass is 16.6. The van der Waals surface area contributed by atoms with E-state index in [1.165, 1.54) is 37.1 Å². The maximum Gasteiger partial charge on any atom is 0.338 e. The number of phenols is 1. The van der Waals surface area contributed by atoms with Crippen molar-refractivity contribution in [2.75, 3.05) is 33.0 Å². The summed E-state index contributed by atoms with van der Waals surface area (Å²) in [7, 11) is 0. The van der Waals surface area contributed by atoms with E-state index in [4.69, 9.17) is 19.3 Å². The van der Waals surface area contributed by atoms with Gasteiger partial charge in [-0.05, 0) is 30.7 Å².